The molecule has 0 aliphatic rings. The van der Waals surface area contributed by atoms with E-state index >= 15 is 0 Å². The van der Waals surface area contributed by atoms with Crippen molar-refractivity contribution in [1.82, 2.24) is 15.0 Å². The van der Waals surface area contributed by atoms with Gasteiger partial charge in [-0.1, -0.05) is 6.07 Å². The van der Waals surface area contributed by atoms with Crippen LogP contribution in [0.5, 0.6) is 0 Å². The molecule has 0 aliphatic heterocycles. The van der Waals surface area contributed by atoms with Crippen molar-refractivity contribution < 1.29 is 4.39 Å². The number of pyridine rings is 1. The summed E-state index contributed by atoms with van der Waals surface area (Å²) in [6.07, 6.45) is 1.72. The maximum atomic E-state index is 13.0. The van der Waals surface area contributed by atoms with E-state index in [2.05, 4.69) is 15.0 Å². The first-order chi connectivity index (χ1) is 9.24. The average Bonchev–Trinajstić information content (AvgIpc) is 2.83. The quantitative estimate of drug-likeness (QED) is 0.693. The first-order valence-electron chi connectivity index (χ1n) is 5.73. The number of benzene rings is 1. The summed E-state index contributed by atoms with van der Waals surface area (Å²) in [6, 6.07) is 11.9. The van der Waals surface area contributed by atoms with Crippen LogP contribution in [0.2, 0.25) is 0 Å². The number of halogens is 1. The lowest BCUT2D eigenvalue weighted by atomic mass is 10.1. The van der Waals surface area contributed by atoms with E-state index in [1.807, 2.05) is 18.2 Å². The molecule has 0 saturated heterocycles. The molecule has 3 rings (SSSR count). The molecule has 0 spiro atoms. The van der Waals surface area contributed by atoms with Crippen molar-refractivity contribution >= 4 is 12.2 Å². The molecule has 94 valence electrons. The Labute approximate surface area is 114 Å². The highest BCUT2D eigenvalue weighted by molar-refractivity contribution is 7.71. The fourth-order valence-corrected chi connectivity index (χ4v) is 2.12. The molecule has 0 radical (unpaired) electrons. The van der Waals surface area contributed by atoms with Crippen LogP contribution in [0.1, 0.15) is 0 Å². The van der Waals surface area contributed by atoms with E-state index in [-0.39, 0.29) is 5.82 Å². The molecule has 0 saturated carbocycles. The van der Waals surface area contributed by atoms with E-state index in [9.17, 15) is 4.39 Å². The van der Waals surface area contributed by atoms with E-state index in [4.69, 9.17) is 12.2 Å². The molecule has 0 aliphatic carbocycles. The van der Waals surface area contributed by atoms with Gasteiger partial charge in [0.15, 0.2) is 4.77 Å². The second kappa shape index (κ2) is 4.78. The molecule has 3 aromatic rings. The second-order valence-corrected chi connectivity index (χ2v) is 4.46. The van der Waals surface area contributed by atoms with Gasteiger partial charge in [-0.3, -0.25) is 4.98 Å². The first-order valence-corrected chi connectivity index (χ1v) is 6.14. The number of H-pyrrole nitrogens is 2. The van der Waals surface area contributed by atoms with E-state index in [1.54, 1.807) is 18.3 Å². The number of nitrogens with one attached hydrogen (secondary N) is 2. The number of rotatable bonds is 2. The third-order valence-corrected chi connectivity index (χ3v) is 2.99. The van der Waals surface area contributed by atoms with Crippen LogP contribution in [0.4, 0.5) is 4.39 Å². The Bertz CT molecular complexity index is 744. The molecule has 2 heterocycles. The van der Waals surface area contributed by atoms with E-state index in [1.165, 1.54) is 12.1 Å². The van der Waals surface area contributed by atoms with Gasteiger partial charge in [-0.05, 0) is 48.6 Å². The predicted octanol–water partition coefficient (Wildman–Crippen LogP) is 3.94. The van der Waals surface area contributed by atoms with Crippen molar-refractivity contribution in [3.63, 3.8) is 0 Å². The number of nitrogens with zero attached hydrogens (tertiary/aromatic N) is 1. The maximum absolute atomic E-state index is 13.0. The Morgan fingerprint density at radius 2 is 1.68 bits per heavy atom. The molecule has 2 aromatic heterocycles. The lowest BCUT2D eigenvalue weighted by molar-refractivity contribution is 0.628. The second-order valence-electron chi connectivity index (χ2n) is 4.05. The molecule has 0 fully saturated rings. The topological polar surface area (TPSA) is 44.5 Å². The van der Waals surface area contributed by atoms with Crippen molar-refractivity contribution in [3.8, 4) is 22.6 Å². The van der Waals surface area contributed by atoms with E-state index < -0.39 is 0 Å². The number of aromatic nitrogens is 3. The molecule has 0 atom stereocenters. The van der Waals surface area contributed by atoms with Gasteiger partial charge in [0.05, 0.1) is 17.1 Å². The predicted molar refractivity (Wildman–Crippen MR) is 74.6 cm³/mol. The Morgan fingerprint density at radius 3 is 2.37 bits per heavy atom. The van der Waals surface area contributed by atoms with Crippen LogP contribution in [0.3, 0.4) is 0 Å². The minimum atomic E-state index is -0.266. The third kappa shape index (κ3) is 2.32. The van der Waals surface area contributed by atoms with Gasteiger partial charge >= 0.3 is 0 Å². The molecule has 5 heteroatoms. The minimum absolute atomic E-state index is 0.266. The van der Waals surface area contributed by atoms with Gasteiger partial charge in [0.25, 0.3) is 0 Å². The van der Waals surface area contributed by atoms with Gasteiger partial charge in [-0.25, -0.2) is 4.39 Å². The number of aromatic amines is 2. The highest BCUT2D eigenvalue weighted by Crippen LogP contribution is 2.27. The highest BCUT2D eigenvalue weighted by Gasteiger charge is 2.11. The van der Waals surface area contributed by atoms with Crippen molar-refractivity contribution in [2.75, 3.05) is 0 Å². The average molecular weight is 271 g/mol. The lowest BCUT2D eigenvalue weighted by Crippen LogP contribution is -1.86. The van der Waals surface area contributed by atoms with Crippen LogP contribution in [-0.2, 0) is 0 Å². The summed E-state index contributed by atoms with van der Waals surface area (Å²) in [5.41, 5.74) is 3.25. The molecule has 0 bridgehead atoms. The SMILES string of the molecule is Fc1ccc(-c2[nH]c(=S)[nH]c2-c2ccccn2)cc1. The van der Waals surface area contributed by atoms with Crippen molar-refractivity contribution in [3.05, 3.63) is 59.2 Å². The largest absolute Gasteiger partial charge is 0.330 e. The lowest BCUT2D eigenvalue weighted by Gasteiger charge is -2.03. The summed E-state index contributed by atoms with van der Waals surface area (Å²) in [5.74, 6) is -0.266. The summed E-state index contributed by atoms with van der Waals surface area (Å²) in [5, 5.41) is 0. The van der Waals surface area contributed by atoms with Crippen molar-refractivity contribution in [1.29, 1.82) is 0 Å². The summed E-state index contributed by atoms with van der Waals surface area (Å²) >= 11 is 5.13. The van der Waals surface area contributed by atoms with Gasteiger partial charge in [-0.15, -0.1) is 0 Å². The van der Waals surface area contributed by atoms with Crippen LogP contribution in [0.15, 0.2) is 48.7 Å². The standard InChI is InChI=1S/C14H10FN3S/c15-10-6-4-9(5-7-10)12-13(18-14(19)17-12)11-3-1-2-8-16-11/h1-8H,(H2,17,18,19). The normalized spacial score (nSPS) is 10.6. The highest BCUT2D eigenvalue weighted by atomic mass is 32.1. The number of imidazole rings is 1. The van der Waals surface area contributed by atoms with Crippen molar-refractivity contribution in [2.45, 2.75) is 0 Å². The molecule has 1 aromatic carbocycles. The van der Waals surface area contributed by atoms with Crippen LogP contribution >= 0.6 is 12.2 Å². The van der Waals surface area contributed by atoms with Crippen LogP contribution in [0.25, 0.3) is 22.6 Å². The van der Waals surface area contributed by atoms with Gasteiger partial charge < -0.3 is 9.97 Å². The van der Waals surface area contributed by atoms with Gasteiger partial charge in [-0.2, -0.15) is 0 Å². The molecule has 2 N–H and O–H groups in total. The van der Waals surface area contributed by atoms with Crippen molar-refractivity contribution in [2.24, 2.45) is 0 Å². The molecular weight excluding hydrogens is 261 g/mol. The van der Waals surface area contributed by atoms with Crippen LogP contribution < -0.4 is 0 Å². The van der Waals surface area contributed by atoms with E-state index in [0.717, 1.165) is 22.6 Å². The minimum Gasteiger partial charge on any atom is -0.330 e. The van der Waals surface area contributed by atoms with Gasteiger partial charge in [0, 0.05) is 11.8 Å². The molecule has 0 amide bonds. The Kier molecular flexibility index (Phi) is 2.97. The Morgan fingerprint density at radius 1 is 0.947 bits per heavy atom. The fraction of sp³-hybridized carbons (Fsp3) is 0. The summed E-state index contributed by atoms with van der Waals surface area (Å²) in [7, 11) is 0. The third-order valence-electron chi connectivity index (χ3n) is 2.78. The number of hydrogen-bond acceptors (Lipinski definition) is 2. The first kappa shape index (κ1) is 11.8. The molecule has 3 nitrogen and oxygen atoms in total. The maximum Gasteiger partial charge on any atom is 0.175 e. The van der Waals surface area contributed by atoms with Gasteiger partial charge in [0.2, 0.25) is 0 Å². The molecular formula is C14H10FN3S. The smallest absolute Gasteiger partial charge is 0.175 e. The zero-order chi connectivity index (χ0) is 13.2. The van der Waals surface area contributed by atoms with E-state index in [0.29, 0.717) is 4.77 Å². The molecule has 0 unspecified atom stereocenters. The Hall–Kier alpha value is -2.27. The van der Waals surface area contributed by atoms with Crippen LogP contribution in [-0.4, -0.2) is 15.0 Å². The van der Waals surface area contributed by atoms with Crippen LogP contribution in [0, 0.1) is 10.6 Å². The monoisotopic (exact) mass is 271 g/mol. The zero-order valence-electron chi connectivity index (χ0n) is 9.85. The summed E-state index contributed by atoms with van der Waals surface area (Å²) in [4.78, 5) is 10.4. The summed E-state index contributed by atoms with van der Waals surface area (Å²) in [6.45, 7) is 0. The number of hydrogen-bond donors (Lipinski definition) is 2. The fourth-order valence-electron chi connectivity index (χ4n) is 1.92. The zero-order valence-corrected chi connectivity index (χ0v) is 10.7. The van der Waals surface area contributed by atoms with Gasteiger partial charge in [0.1, 0.15) is 5.82 Å². The molecule has 19 heavy (non-hydrogen) atoms. The summed E-state index contributed by atoms with van der Waals surface area (Å²) < 4.78 is 13.5. The Balaban J connectivity index is 2.17.